The number of nitrogens with zero attached hydrogens (tertiary/aromatic N) is 1. The molecule has 2 rings (SSSR count). The number of hydrogen-bond donors (Lipinski definition) is 3. The average molecular weight is 313 g/mol. The minimum Gasteiger partial charge on any atom is -0.325 e. The zero-order chi connectivity index (χ0) is 15.2. The van der Waals surface area contributed by atoms with Crippen LogP contribution < -0.4 is 0 Å². The van der Waals surface area contributed by atoms with E-state index in [0.29, 0.717) is 0 Å². The molecule has 2 aromatic rings. The van der Waals surface area contributed by atoms with Crippen LogP contribution >= 0.6 is 6.72 Å². The summed E-state index contributed by atoms with van der Waals surface area (Å²) in [5.74, 6) is 0. The summed E-state index contributed by atoms with van der Waals surface area (Å²) in [6, 6.07) is 16.3. The van der Waals surface area contributed by atoms with Gasteiger partial charge in [-0.1, -0.05) is 30.3 Å². The van der Waals surface area contributed by atoms with Crippen LogP contribution in [0.3, 0.4) is 0 Å². The quantitative estimate of drug-likeness (QED) is 0.447. The molecule has 6 nitrogen and oxygen atoms in total. The van der Waals surface area contributed by atoms with Gasteiger partial charge in [0.2, 0.25) is 0 Å². The molecule has 0 saturated heterocycles. The summed E-state index contributed by atoms with van der Waals surface area (Å²) in [7, 11) is 0. The average Bonchev–Trinajstić information content (AvgIpc) is 2.38. The predicted molar refractivity (Wildman–Crippen MR) is 79.5 cm³/mol. The maximum absolute atomic E-state index is 10.5. The highest BCUT2D eigenvalue weighted by Crippen LogP contribution is 2.26. The first-order valence-electron chi connectivity index (χ1n) is 5.35. The molecule has 0 aliphatic carbocycles. The summed E-state index contributed by atoms with van der Waals surface area (Å²) in [6.45, 7) is -3.81. The zero-order valence-electron chi connectivity index (χ0n) is 10.2. The molecule has 106 valence electrons. The van der Waals surface area contributed by atoms with Crippen molar-refractivity contribution in [1.29, 1.82) is 0 Å². The molecule has 20 heavy (non-hydrogen) atoms. The maximum Gasteiger partial charge on any atom is 0.319 e. The Hall–Kier alpha value is -1.63. The van der Waals surface area contributed by atoms with Gasteiger partial charge in [-0.05, 0) is 35.1 Å². The van der Waals surface area contributed by atoms with Crippen molar-refractivity contribution in [3.8, 4) is 11.1 Å². The van der Waals surface area contributed by atoms with Gasteiger partial charge < -0.3 is 14.7 Å². The van der Waals surface area contributed by atoms with Crippen molar-refractivity contribution in [2.75, 3.05) is 0 Å². The summed E-state index contributed by atoms with van der Waals surface area (Å²) < 4.78 is 0. The van der Waals surface area contributed by atoms with Crippen LogP contribution in [0, 0.1) is 10.1 Å². The number of non-ortho nitro benzene ring substituents is 1. The topological polar surface area (TPSA) is 104 Å². The van der Waals surface area contributed by atoms with Crippen molar-refractivity contribution in [3.63, 3.8) is 0 Å². The van der Waals surface area contributed by atoms with E-state index in [1.807, 2.05) is 30.3 Å². The molecule has 0 fully saturated rings. The Balaban J connectivity index is 0.000000347. The van der Waals surface area contributed by atoms with E-state index < -0.39 is 11.6 Å². The van der Waals surface area contributed by atoms with E-state index >= 15 is 0 Å². The molecule has 0 aromatic heterocycles. The number of nitro groups is 1. The lowest BCUT2D eigenvalue weighted by Crippen LogP contribution is -1.86. The maximum atomic E-state index is 10.5. The Bertz CT molecular complexity index is 603. The monoisotopic (exact) mass is 313 g/mol. The van der Waals surface area contributed by atoms with Gasteiger partial charge in [-0.15, -0.1) is 0 Å². The van der Waals surface area contributed by atoms with Gasteiger partial charge in [0.1, 0.15) is 0 Å². The lowest BCUT2D eigenvalue weighted by molar-refractivity contribution is -0.384. The molecule has 0 unspecified atom stereocenters. The highest BCUT2D eigenvalue weighted by molar-refractivity contribution is 8.06. The van der Waals surface area contributed by atoms with Gasteiger partial charge in [0.05, 0.1) is 4.92 Å². The first kappa shape index (κ1) is 16.4. The Labute approximate surface area is 120 Å². The van der Waals surface area contributed by atoms with E-state index in [-0.39, 0.29) is 5.69 Å². The van der Waals surface area contributed by atoms with Gasteiger partial charge in [-0.25, -0.2) is 0 Å². The van der Waals surface area contributed by atoms with Crippen molar-refractivity contribution in [1.82, 2.24) is 0 Å². The van der Waals surface area contributed by atoms with Crippen LogP contribution in [-0.4, -0.2) is 19.6 Å². The van der Waals surface area contributed by atoms with E-state index in [1.54, 1.807) is 12.1 Å². The van der Waals surface area contributed by atoms with Crippen LogP contribution in [0.2, 0.25) is 0 Å². The molecule has 3 N–H and O–H groups in total. The highest BCUT2D eigenvalue weighted by atomic mass is 32.5. The highest BCUT2D eigenvalue weighted by Gasteiger charge is 2.04. The van der Waals surface area contributed by atoms with Crippen LogP contribution in [0.15, 0.2) is 54.6 Å². The summed E-state index contributed by atoms with van der Waals surface area (Å²) in [5, 5.41) is 10.5. The number of benzene rings is 2. The third kappa shape index (κ3) is 6.51. The number of nitro benzene ring substituents is 1. The second kappa shape index (κ2) is 7.23. The van der Waals surface area contributed by atoms with Gasteiger partial charge in [0, 0.05) is 12.1 Å². The molecule has 0 atom stereocenters. The first-order valence-corrected chi connectivity index (χ1v) is 8.01. The van der Waals surface area contributed by atoms with Gasteiger partial charge in [0.15, 0.2) is 0 Å². The first-order chi connectivity index (χ1) is 9.27. The number of rotatable bonds is 2. The summed E-state index contributed by atoms with van der Waals surface area (Å²) in [6.07, 6.45) is 0. The van der Waals surface area contributed by atoms with E-state index in [4.69, 9.17) is 14.7 Å². The Morgan fingerprint density at radius 1 is 0.900 bits per heavy atom. The standard InChI is InChI=1S/C12H9NO2.H3O3PS/c14-13(15)12-8-6-11(7-9-12)10-4-2-1-3-5-10;1-4(2,3)5/h1-9H;(H3,1,2,3,5). The predicted octanol–water partition coefficient (Wildman–Crippen LogP) is 2.45. The van der Waals surface area contributed by atoms with Crippen LogP contribution in [0.4, 0.5) is 5.69 Å². The van der Waals surface area contributed by atoms with Crippen LogP contribution in [0.1, 0.15) is 0 Å². The number of hydrogen-bond acceptors (Lipinski definition) is 3. The van der Waals surface area contributed by atoms with Gasteiger partial charge in [-0.3, -0.25) is 10.1 Å². The molecule has 8 heteroatoms. The molecule has 0 aliphatic heterocycles. The molecule has 0 radical (unpaired) electrons. The molecule has 0 spiro atoms. The SMILES string of the molecule is O=[N+]([O-])c1ccc(-c2ccccc2)cc1.OP(O)(O)=S. The third-order valence-corrected chi connectivity index (χ3v) is 2.19. The lowest BCUT2D eigenvalue weighted by atomic mass is 10.1. The second-order valence-corrected chi connectivity index (χ2v) is 6.18. The van der Waals surface area contributed by atoms with Gasteiger partial charge >= 0.3 is 6.72 Å². The molecular weight excluding hydrogens is 301 g/mol. The lowest BCUT2D eigenvalue weighted by Gasteiger charge is -1.99. The fourth-order valence-corrected chi connectivity index (χ4v) is 1.41. The molecule has 0 saturated carbocycles. The third-order valence-electron chi connectivity index (χ3n) is 2.19. The van der Waals surface area contributed by atoms with Crippen molar-refractivity contribution in [3.05, 3.63) is 64.7 Å². The molecule has 2 aromatic carbocycles. The van der Waals surface area contributed by atoms with Crippen LogP contribution in [-0.2, 0) is 11.8 Å². The molecular formula is C12H12NO5PS. The van der Waals surface area contributed by atoms with Gasteiger partial charge in [0.25, 0.3) is 5.69 Å². The normalized spacial score (nSPS) is 10.3. The minimum absolute atomic E-state index is 0.120. The second-order valence-electron chi connectivity index (χ2n) is 3.68. The fraction of sp³-hybridized carbons (Fsp3) is 0. The summed E-state index contributed by atoms with van der Waals surface area (Å²) >= 11 is 3.60. The van der Waals surface area contributed by atoms with Crippen LogP contribution in [0.5, 0.6) is 0 Å². The largest absolute Gasteiger partial charge is 0.325 e. The summed E-state index contributed by atoms with van der Waals surface area (Å²) in [5.41, 5.74) is 2.17. The van der Waals surface area contributed by atoms with E-state index in [1.165, 1.54) is 12.1 Å². The van der Waals surface area contributed by atoms with E-state index in [2.05, 4.69) is 11.8 Å². The van der Waals surface area contributed by atoms with Crippen LogP contribution in [0.25, 0.3) is 11.1 Å². The summed E-state index contributed by atoms with van der Waals surface area (Å²) in [4.78, 5) is 32.7. The molecule has 0 bridgehead atoms. The van der Waals surface area contributed by atoms with E-state index in [0.717, 1.165) is 11.1 Å². The van der Waals surface area contributed by atoms with Crippen molar-refractivity contribution >= 4 is 24.2 Å². The smallest absolute Gasteiger partial charge is 0.319 e. The van der Waals surface area contributed by atoms with Crippen molar-refractivity contribution in [2.24, 2.45) is 0 Å². The molecule has 0 aliphatic rings. The minimum atomic E-state index is -3.81. The molecule has 0 amide bonds. The zero-order valence-corrected chi connectivity index (χ0v) is 11.9. The van der Waals surface area contributed by atoms with E-state index in [9.17, 15) is 10.1 Å². The van der Waals surface area contributed by atoms with Crippen molar-refractivity contribution in [2.45, 2.75) is 0 Å². The van der Waals surface area contributed by atoms with Crippen molar-refractivity contribution < 1.29 is 19.6 Å². The molecule has 0 heterocycles. The Morgan fingerprint density at radius 3 is 1.70 bits per heavy atom. The Morgan fingerprint density at radius 2 is 1.30 bits per heavy atom. The fourth-order valence-electron chi connectivity index (χ4n) is 1.41. The Kier molecular flexibility index (Phi) is 5.94. The van der Waals surface area contributed by atoms with Gasteiger partial charge in [-0.2, -0.15) is 0 Å².